The number of carbonyl (C=O) groups is 2. The standard InChI is InChI=1S/C40H36F3N5O2/c41-40(42,43)37-17-13-30(24-46-37)14-18-38(49)48(27-31-11-15-33(16-12-31)35-25-44-28-45-26-35)36(23-29-7-3-1-4-8-29)39(50)47-21-19-34(20-22-47)32-9-5-2-6-10-32/h1-18,24-26,28,34,36H,19-23,27H2/t36-/m0/s1. The molecular weight excluding hydrogens is 639 g/mol. The topological polar surface area (TPSA) is 79.3 Å². The number of benzene rings is 3. The summed E-state index contributed by atoms with van der Waals surface area (Å²) < 4.78 is 39.3. The van der Waals surface area contributed by atoms with Crippen molar-refractivity contribution in [2.24, 2.45) is 0 Å². The highest BCUT2D eigenvalue weighted by atomic mass is 19.4. The molecule has 2 amide bonds. The number of hydrogen-bond donors (Lipinski definition) is 0. The first-order chi connectivity index (χ1) is 24.2. The first-order valence-electron chi connectivity index (χ1n) is 16.5. The van der Waals surface area contributed by atoms with Crippen LogP contribution in [0.4, 0.5) is 13.2 Å². The minimum atomic E-state index is -4.57. The van der Waals surface area contributed by atoms with Crippen molar-refractivity contribution in [2.45, 2.75) is 43.9 Å². The second-order valence-corrected chi connectivity index (χ2v) is 12.3. The monoisotopic (exact) mass is 675 g/mol. The number of amides is 2. The number of likely N-dealkylation sites (tertiary alicyclic amines) is 1. The van der Waals surface area contributed by atoms with Gasteiger partial charge in [0.2, 0.25) is 11.8 Å². The Kier molecular flexibility index (Phi) is 10.8. The summed E-state index contributed by atoms with van der Waals surface area (Å²) in [6.07, 6.45) is 6.04. The van der Waals surface area contributed by atoms with Crippen molar-refractivity contribution < 1.29 is 22.8 Å². The molecule has 0 spiro atoms. The predicted octanol–water partition coefficient (Wildman–Crippen LogP) is 7.62. The molecule has 2 aromatic heterocycles. The third-order valence-electron chi connectivity index (χ3n) is 8.99. The normalized spacial score (nSPS) is 14.4. The van der Waals surface area contributed by atoms with E-state index in [0.717, 1.165) is 47.4 Å². The molecule has 3 heterocycles. The fourth-order valence-electron chi connectivity index (χ4n) is 6.26. The number of alkyl halides is 3. The number of aromatic nitrogens is 3. The van der Waals surface area contributed by atoms with Crippen molar-refractivity contribution in [3.05, 3.63) is 156 Å². The number of pyridine rings is 1. The molecule has 254 valence electrons. The Bertz CT molecular complexity index is 1880. The highest BCUT2D eigenvalue weighted by Crippen LogP contribution is 2.30. The molecule has 7 nitrogen and oxygen atoms in total. The Hall–Kier alpha value is -5.64. The average molecular weight is 676 g/mol. The van der Waals surface area contributed by atoms with Crippen LogP contribution < -0.4 is 0 Å². The summed E-state index contributed by atoms with van der Waals surface area (Å²) in [5.74, 6) is -0.241. The van der Waals surface area contributed by atoms with Gasteiger partial charge < -0.3 is 9.80 Å². The van der Waals surface area contributed by atoms with Gasteiger partial charge in [-0.3, -0.25) is 14.6 Å². The number of hydrogen-bond acceptors (Lipinski definition) is 5. The number of halogens is 3. The molecule has 0 unspecified atom stereocenters. The zero-order valence-corrected chi connectivity index (χ0v) is 27.3. The molecular formula is C40H36F3N5O2. The largest absolute Gasteiger partial charge is 0.433 e. The van der Waals surface area contributed by atoms with E-state index in [1.807, 2.05) is 77.7 Å². The smallest absolute Gasteiger partial charge is 0.341 e. The second kappa shape index (κ2) is 15.7. The third kappa shape index (κ3) is 8.68. The number of nitrogens with zero attached hydrogens (tertiary/aromatic N) is 5. The SMILES string of the molecule is O=C([C@H](Cc1ccccc1)N(Cc1ccc(-c2cncnc2)cc1)C(=O)C=Cc1ccc(C(F)(F)F)nc1)N1CCC(c2ccccc2)CC1. The van der Waals surface area contributed by atoms with Crippen LogP contribution in [0.3, 0.4) is 0 Å². The summed E-state index contributed by atoms with van der Waals surface area (Å²) in [6.45, 7) is 1.25. The van der Waals surface area contributed by atoms with Gasteiger partial charge in [-0.2, -0.15) is 13.2 Å². The molecule has 1 aliphatic rings. The Balaban J connectivity index is 1.30. The third-order valence-corrected chi connectivity index (χ3v) is 8.99. The minimum Gasteiger partial charge on any atom is -0.341 e. The van der Waals surface area contributed by atoms with Crippen LogP contribution in [-0.2, 0) is 28.7 Å². The van der Waals surface area contributed by atoms with Crippen LogP contribution in [0.5, 0.6) is 0 Å². The van der Waals surface area contributed by atoms with Gasteiger partial charge >= 0.3 is 6.18 Å². The molecule has 1 atom stereocenters. The summed E-state index contributed by atoms with van der Waals surface area (Å²) in [5.41, 5.74) is 4.02. The van der Waals surface area contributed by atoms with Crippen LogP contribution >= 0.6 is 0 Å². The van der Waals surface area contributed by atoms with Crippen LogP contribution in [-0.4, -0.2) is 55.7 Å². The maximum Gasteiger partial charge on any atom is 0.433 e. The van der Waals surface area contributed by atoms with Crippen molar-refractivity contribution in [3.63, 3.8) is 0 Å². The zero-order valence-electron chi connectivity index (χ0n) is 27.3. The van der Waals surface area contributed by atoms with Gasteiger partial charge in [0.05, 0.1) is 0 Å². The predicted molar refractivity (Wildman–Crippen MR) is 185 cm³/mol. The van der Waals surface area contributed by atoms with Crippen molar-refractivity contribution in [3.8, 4) is 11.1 Å². The molecule has 0 saturated carbocycles. The average Bonchev–Trinajstić information content (AvgIpc) is 3.16. The van der Waals surface area contributed by atoms with E-state index >= 15 is 0 Å². The van der Waals surface area contributed by atoms with Gasteiger partial charge in [-0.25, -0.2) is 9.97 Å². The maximum absolute atomic E-state index is 14.5. The Labute approximate surface area is 289 Å². The van der Waals surface area contributed by atoms with Gasteiger partial charge in [0.25, 0.3) is 0 Å². The van der Waals surface area contributed by atoms with E-state index < -0.39 is 23.8 Å². The van der Waals surface area contributed by atoms with Crippen LogP contribution in [0.1, 0.15) is 46.7 Å². The van der Waals surface area contributed by atoms with Crippen LogP contribution in [0.25, 0.3) is 17.2 Å². The van der Waals surface area contributed by atoms with E-state index in [-0.39, 0.29) is 12.5 Å². The Morgan fingerprint density at radius 1 is 0.800 bits per heavy atom. The van der Waals surface area contributed by atoms with E-state index in [9.17, 15) is 22.8 Å². The van der Waals surface area contributed by atoms with Crippen molar-refractivity contribution >= 4 is 17.9 Å². The molecule has 0 bridgehead atoms. The molecule has 5 aromatic rings. The van der Waals surface area contributed by atoms with E-state index in [4.69, 9.17) is 0 Å². The van der Waals surface area contributed by atoms with Gasteiger partial charge in [0, 0.05) is 56.3 Å². The fourth-order valence-corrected chi connectivity index (χ4v) is 6.26. The molecule has 0 aliphatic carbocycles. The van der Waals surface area contributed by atoms with E-state index in [1.54, 1.807) is 17.3 Å². The quantitative estimate of drug-likeness (QED) is 0.142. The summed E-state index contributed by atoms with van der Waals surface area (Å²) in [7, 11) is 0. The molecule has 0 radical (unpaired) electrons. The molecule has 10 heteroatoms. The first-order valence-corrected chi connectivity index (χ1v) is 16.5. The summed E-state index contributed by atoms with van der Waals surface area (Å²) >= 11 is 0. The Morgan fingerprint density at radius 3 is 2.08 bits per heavy atom. The maximum atomic E-state index is 14.5. The van der Waals surface area contributed by atoms with Crippen molar-refractivity contribution in [2.75, 3.05) is 13.1 Å². The summed E-state index contributed by atoms with van der Waals surface area (Å²) in [4.78, 5) is 43.8. The van der Waals surface area contributed by atoms with Gasteiger partial charge in [0.1, 0.15) is 18.1 Å². The van der Waals surface area contributed by atoms with Gasteiger partial charge in [-0.05, 0) is 58.7 Å². The summed E-state index contributed by atoms with van der Waals surface area (Å²) in [5, 5.41) is 0. The van der Waals surface area contributed by atoms with Crippen molar-refractivity contribution in [1.29, 1.82) is 0 Å². The number of piperidine rings is 1. The van der Waals surface area contributed by atoms with E-state index in [0.29, 0.717) is 31.0 Å². The lowest BCUT2D eigenvalue weighted by molar-refractivity contribution is -0.145. The second-order valence-electron chi connectivity index (χ2n) is 12.3. The Morgan fingerprint density at radius 2 is 1.46 bits per heavy atom. The van der Waals surface area contributed by atoms with Crippen LogP contribution in [0, 0.1) is 0 Å². The highest BCUT2D eigenvalue weighted by Gasteiger charge is 2.35. The molecule has 6 rings (SSSR count). The number of carbonyl (C=O) groups excluding carboxylic acids is 2. The van der Waals surface area contributed by atoms with Crippen LogP contribution in [0.2, 0.25) is 0 Å². The zero-order chi connectivity index (χ0) is 34.9. The lowest BCUT2D eigenvalue weighted by atomic mass is 9.89. The lowest BCUT2D eigenvalue weighted by Crippen LogP contribution is -2.53. The number of rotatable bonds is 10. The van der Waals surface area contributed by atoms with E-state index in [1.165, 1.54) is 30.1 Å². The molecule has 1 fully saturated rings. The molecule has 1 saturated heterocycles. The molecule has 0 N–H and O–H groups in total. The van der Waals surface area contributed by atoms with Gasteiger partial charge in [0.15, 0.2) is 0 Å². The van der Waals surface area contributed by atoms with Crippen LogP contribution in [0.15, 0.2) is 128 Å². The van der Waals surface area contributed by atoms with Gasteiger partial charge in [-0.15, -0.1) is 0 Å². The van der Waals surface area contributed by atoms with E-state index in [2.05, 4.69) is 27.1 Å². The fraction of sp³-hybridized carbons (Fsp3) is 0.225. The first kappa shape index (κ1) is 34.2. The molecule has 1 aliphatic heterocycles. The highest BCUT2D eigenvalue weighted by molar-refractivity contribution is 5.95. The van der Waals surface area contributed by atoms with Crippen molar-refractivity contribution in [1.82, 2.24) is 24.8 Å². The van der Waals surface area contributed by atoms with Gasteiger partial charge in [-0.1, -0.05) is 91.0 Å². The molecule has 50 heavy (non-hydrogen) atoms. The molecule has 3 aromatic carbocycles. The minimum absolute atomic E-state index is 0.129. The summed E-state index contributed by atoms with van der Waals surface area (Å²) in [6, 6.07) is 28.8. The lowest BCUT2D eigenvalue weighted by Gasteiger charge is -2.38.